The van der Waals surface area contributed by atoms with Crippen molar-refractivity contribution in [2.75, 3.05) is 39.3 Å². The molecule has 69 heavy (non-hydrogen) atoms. The van der Waals surface area contributed by atoms with E-state index < -0.39 is 34.6 Å². The number of nitrogens with two attached hydrogens (primary N) is 1. The summed E-state index contributed by atoms with van der Waals surface area (Å²) in [6, 6.07) is 23.3. The topological polar surface area (TPSA) is 184 Å². The van der Waals surface area contributed by atoms with Crippen molar-refractivity contribution in [2.45, 2.75) is 167 Å². The normalized spacial score (nSPS) is 22.0. The van der Waals surface area contributed by atoms with E-state index in [1.807, 2.05) is 129 Å². The van der Waals surface area contributed by atoms with Crippen LogP contribution in [0.25, 0.3) is 0 Å². The van der Waals surface area contributed by atoms with Gasteiger partial charge in [0.15, 0.2) is 0 Å². The van der Waals surface area contributed by atoms with Gasteiger partial charge in [-0.15, -0.1) is 0 Å². The lowest BCUT2D eigenvalue weighted by Crippen LogP contribution is -2.55. The van der Waals surface area contributed by atoms with Crippen molar-refractivity contribution in [3.8, 4) is 17.2 Å². The Kier molecular flexibility index (Phi) is 17.7. The van der Waals surface area contributed by atoms with Crippen LogP contribution in [0.3, 0.4) is 0 Å². The Bertz CT molecular complexity index is 2180. The first-order valence-corrected chi connectivity index (χ1v) is 24.2. The molecule has 0 aromatic heterocycles. The van der Waals surface area contributed by atoms with Gasteiger partial charge in [0, 0.05) is 68.3 Å². The summed E-state index contributed by atoms with van der Waals surface area (Å²) in [5, 5.41) is 12.8. The molecule has 0 bridgehead atoms. The molecule has 6 aliphatic rings. The zero-order valence-electron chi connectivity index (χ0n) is 41.9. The molecule has 3 aromatic carbocycles. The average molecular weight is 955 g/mol. The van der Waals surface area contributed by atoms with Gasteiger partial charge in [0.2, 0.25) is 0 Å². The maximum atomic E-state index is 12.5. The number of piperidine rings is 3. The van der Waals surface area contributed by atoms with Crippen LogP contribution in [0.5, 0.6) is 17.2 Å². The van der Waals surface area contributed by atoms with Crippen LogP contribution in [-0.4, -0.2) is 104 Å². The van der Waals surface area contributed by atoms with Crippen molar-refractivity contribution in [3.63, 3.8) is 0 Å². The molecule has 0 aliphatic carbocycles. The van der Waals surface area contributed by atoms with Crippen LogP contribution in [-0.2, 0) is 14.2 Å². The number of hydrogen-bond acceptors (Lipinski definition) is 12. The molecule has 3 spiro atoms. The zero-order valence-corrected chi connectivity index (χ0v) is 41.9. The first kappa shape index (κ1) is 54.8. The molecule has 6 N–H and O–H groups in total. The molecule has 378 valence electrons. The predicted octanol–water partition coefficient (Wildman–Crippen LogP) is 9.22. The van der Waals surface area contributed by atoms with Gasteiger partial charge in [-0.05, 0) is 107 Å². The summed E-state index contributed by atoms with van der Waals surface area (Å²) in [6.07, 6.45) is 3.71. The highest BCUT2D eigenvalue weighted by Gasteiger charge is 2.53. The Morgan fingerprint density at radius 2 is 0.899 bits per heavy atom. The van der Waals surface area contributed by atoms with E-state index in [-0.39, 0.29) is 42.8 Å². The van der Waals surface area contributed by atoms with Gasteiger partial charge in [-0.3, -0.25) is 0 Å². The van der Waals surface area contributed by atoms with Crippen LogP contribution >= 0.6 is 0 Å². The molecular formula is C53H79BN6O9. The summed E-state index contributed by atoms with van der Waals surface area (Å²) < 4.78 is 35.1. The van der Waals surface area contributed by atoms with Gasteiger partial charge in [0.1, 0.15) is 62.9 Å². The van der Waals surface area contributed by atoms with Crippen LogP contribution in [0.4, 0.5) is 14.4 Å². The van der Waals surface area contributed by atoms with E-state index in [0.717, 1.165) is 80.2 Å². The standard InChI is InChI=1S/C22H32N2O5.C17H24N2O3.C12H16N2O.CH3B.CH4/c1-20(2,3)28-18(25)23-17-15-9-7-8-10-16(15)27-22(17)11-13-24(14-12-22)19(26)29-21(4,5)6;1-16(2,3)22-15(20)19-14-12-6-4-5-7-13(12)21-17(14)8-10-18-11-9-17;13-11-9-3-1-2-4-10(9)15-12(11)5-7-14-8-6-12;1-2;/h7-10,17H,11-14H2,1-6H3,(H,23,25);4-7,14,18H,8-11H2,1-3H3,(H,19,20);1-4,11,14H,5-8,13H2;1H3;1H4/t17-;14-;11-;;/m111../s1. The third-order valence-corrected chi connectivity index (χ3v) is 12.8. The van der Waals surface area contributed by atoms with Crippen LogP contribution < -0.4 is 41.2 Å². The van der Waals surface area contributed by atoms with Gasteiger partial charge >= 0.3 is 18.3 Å². The maximum Gasteiger partial charge on any atom is 0.410 e. The highest BCUT2D eigenvalue weighted by molar-refractivity contribution is 6.05. The number of amides is 3. The Balaban J connectivity index is 0.000000197. The van der Waals surface area contributed by atoms with E-state index in [1.165, 1.54) is 12.4 Å². The predicted molar refractivity (Wildman–Crippen MR) is 270 cm³/mol. The lowest BCUT2D eigenvalue weighted by atomic mass is 9.82. The van der Waals surface area contributed by atoms with Crippen molar-refractivity contribution in [1.29, 1.82) is 0 Å². The lowest BCUT2D eigenvalue weighted by molar-refractivity contribution is -0.0262. The second-order valence-corrected chi connectivity index (χ2v) is 21.2. The van der Waals surface area contributed by atoms with Gasteiger partial charge in [0.05, 0.1) is 13.9 Å². The highest BCUT2D eigenvalue weighted by atomic mass is 16.6. The SMILES string of the molecule is C.CC(C)(C)OC(=O)N[C@@H]1c2ccccc2OC12CCN(C(=O)OC(C)(C)C)CC2.CC(C)(C)OC(=O)N[C@@H]1c2ccccc2OC12CCNCC2.N[C@@H]1c2ccccc2OC12CCNCC2.[B]C. The van der Waals surface area contributed by atoms with E-state index in [1.54, 1.807) is 4.90 Å². The van der Waals surface area contributed by atoms with Gasteiger partial charge in [-0.1, -0.05) is 68.8 Å². The molecule has 6 heterocycles. The minimum atomic E-state index is -0.612. The van der Waals surface area contributed by atoms with Crippen LogP contribution in [0.15, 0.2) is 72.8 Å². The van der Waals surface area contributed by atoms with Crippen molar-refractivity contribution in [3.05, 3.63) is 89.5 Å². The summed E-state index contributed by atoms with van der Waals surface area (Å²) in [4.78, 5) is 38.9. The fraction of sp³-hybridized carbons (Fsp3) is 0.604. The molecule has 3 aromatic rings. The van der Waals surface area contributed by atoms with Crippen LogP contribution in [0, 0.1) is 0 Å². The Hall–Kier alpha value is -5.19. The molecule has 0 unspecified atom stereocenters. The molecule has 15 nitrogen and oxygen atoms in total. The van der Waals surface area contributed by atoms with Crippen molar-refractivity contribution in [1.82, 2.24) is 26.2 Å². The first-order valence-electron chi connectivity index (χ1n) is 24.2. The molecule has 6 aliphatic heterocycles. The monoisotopic (exact) mass is 955 g/mol. The molecule has 2 radical (unpaired) electrons. The first-order chi connectivity index (χ1) is 32.1. The summed E-state index contributed by atoms with van der Waals surface area (Å²) in [6.45, 7) is 22.9. The number of carbonyl (C=O) groups is 3. The smallest absolute Gasteiger partial charge is 0.410 e. The lowest BCUT2D eigenvalue weighted by Gasteiger charge is -2.42. The Morgan fingerprint density at radius 3 is 1.29 bits per heavy atom. The molecule has 3 atom stereocenters. The minimum absolute atomic E-state index is 0. The number of alkyl carbamates (subject to hydrolysis) is 2. The van der Waals surface area contributed by atoms with E-state index in [9.17, 15) is 14.4 Å². The fourth-order valence-electron chi connectivity index (χ4n) is 9.70. The van der Waals surface area contributed by atoms with Gasteiger partial charge < -0.3 is 60.3 Å². The Morgan fingerprint density at radius 1 is 0.565 bits per heavy atom. The number of ether oxygens (including phenoxy) is 6. The van der Waals surface area contributed by atoms with Crippen LogP contribution in [0.1, 0.15) is 143 Å². The summed E-state index contributed by atoms with van der Waals surface area (Å²) in [7, 11) is 4.50. The highest BCUT2D eigenvalue weighted by Crippen LogP contribution is 2.50. The summed E-state index contributed by atoms with van der Waals surface area (Å²) >= 11 is 0. The maximum absolute atomic E-state index is 12.5. The van der Waals surface area contributed by atoms with E-state index >= 15 is 0 Å². The number of hydrogen-bond donors (Lipinski definition) is 5. The number of nitrogens with zero attached hydrogens (tertiary/aromatic N) is 1. The van der Waals surface area contributed by atoms with Gasteiger partial charge in [-0.25, -0.2) is 14.4 Å². The number of likely N-dealkylation sites (tertiary alicyclic amines) is 1. The second kappa shape index (κ2) is 22.3. The van der Waals surface area contributed by atoms with Gasteiger partial charge in [0.25, 0.3) is 0 Å². The number of nitrogens with one attached hydrogen (secondary N) is 4. The van der Waals surface area contributed by atoms with Gasteiger partial charge in [-0.2, -0.15) is 0 Å². The third-order valence-electron chi connectivity index (χ3n) is 12.8. The number of benzene rings is 3. The van der Waals surface area contributed by atoms with E-state index in [0.29, 0.717) is 25.9 Å². The third kappa shape index (κ3) is 13.4. The molecule has 0 saturated carbocycles. The van der Waals surface area contributed by atoms with E-state index in [4.69, 9.17) is 34.2 Å². The molecule has 9 rings (SSSR count). The number of para-hydroxylation sites is 3. The van der Waals surface area contributed by atoms with Crippen molar-refractivity contribution >= 4 is 26.1 Å². The van der Waals surface area contributed by atoms with E-state index in [2.05, 4.69) is 35.2 Å². The average Bonchev–Trinajstić information content (AvgIpc) is 3.84. The molecule has 3 saturated heterocycles. The number of rotatable bonds is 2. The van der Waals surface area contributed by atoms with Crippen LogP contribution in [0.2, 0.25) is 6.82 Å². The van der Waals surface area contributed by atoms with Crippen molar-refractivity contribution in [2.24, 2.45) is 5.73 Å². The molecule has 3 fully saturated rings. The number of fused-ring (bicyclic) bond motifs is 3. The second-order valence-electron chi connectivity index (χ2n) is 21.2. The molecular weight excluding hydrogens is 875 g/mol. The largest absolute Gasteiger partial charge is 0.485 e. The fourth-order valence-corrected chi connectivity index (χ4v) is 9.70. The summed E-state index contributed by atoms with van der Waals surface area (Å²) in [5.74, 6) is 2.61. The summed E-state index contributed by atoms with van der Waals surface area (Å²) in [5.41, 5.74) is 6.68. The molecule has 16 heteroatoms. The molecule has 3 amide bonds. The number of carbonyl (C=O) groups excluding carboxylic acids is 3. The minimum Gasteiger partial charge on any atom is -0.485 e. The zero-order chi connectivity index (χ0) is 49.5. The Labute approximate surface area is 412 Å². The quantitative estimate of drug-likeness (QED) is 0.121. The van der Waals surface area contributed by atoms with Crippen molar-refractivity contribution < 1.29 is 42.8 Å².